The van der Waals surface area contributed by atoms with Crippen LogP contribution >= 0.6 is 0 Å². The van der Waals surface area contributed by atoms with Crippen LogP contribution in [-0.2, 0) is 4.74 Å². The molecule has 1 aliphatic rings. The zero-order valence-electron chi connectivity index (χ0n) is 22.7. The first-order valence-electron chi connectivity index (χ1n) is 12.5. The van der Waals surface area contributed by atoms with E-state index in [-0.39, 0.29) is 29.3 Å². The van der Waals surface area contributed by atoms with Crippen LogP contribution < -0.4 is 10.1 Å². The Labute approximate surface area is 217 Å². The summed E-state index contributed by atoms with van der Waals surface area (Å²) in [5.74, 6) is -1.32. The maximum atomic E-state index is 14.8. The number of ether oxygens (including phenoxy) is 2. The second-order valence-corrected chi connectivity index (χ2v) is 10.6. The number of piperazine rings is 1. The molecule has 2 atom stereocenters. The molecule has 2 aromatic rings. The zero-order valence-corrected chi connectivity index (χ0v) is 22.7. The lowest BCUT2D eigenvalue weighted by Crippen LogP contribution is -2.55. The van der Waals surface area contributed by atoms with Crippen molar-refractivity contribution >= 4 is 12.0 Å². The molecular weight excluding hydrogens is 480 g/mol. The molecule has 9 heteroatoms. The summed E-state index contributed by atoms with van der Waals surface area (Å²) >= 11 is 0. The highest BCUT2D eigenvalue weighted by molar-refractivity contribution is 5.95. The summed E-state index contributed by atoms with van der Waals surface area (Å²) < 4.78 is 41.0. The highest BCUT2D eigenvalue weighted by Gasteiger charge is 2.32. The standard InChI is InChI=1S/C28H37F2N3O4/c1-17-8-9-20(13-22(17)29)24(36-21-12-18(2)25(23(30)14-21)26(34)31-7)16-32-10-11-33(19(3)15-32)27(35)37-28(4,5)6/h8-9,12-14,19,24H,10-11,15-16H2,1-7H3,(H,31,34)/t19-,24?/m1/s1. The molecule has 1 aliphatic heterocycles. The number of aryl methyl sites for hydroxylation is 2. The SMILES string of the molecule is CNC(=O)c1c(C)cc(OC(CN2CCN(C(=O)OC(C)(C)C)[C@H](C)C2)c2ccc(C)c(F)c2)cc1F. The van der Waals surface area contributed by atoms with Gasteiger partial charge in [0.15, 0.2) is 0 Å². The number of amides is 2. The molecule has 1 unspecified atom stereocenters. The van der Waals surface area contributed by atoms with E-state index in [0.29, 0.717) is 42.9 Å². The van der Waals surface area contributed by atoms with E-state index in [9.17, 15) is 18.4 Å². The smallest absolute Gasteiger partial charge is 0.410 e. The number of hydrogen-bond donors (Lipinski definition) is 1. The van der Waals surface area contributed by atoms with Gasteiger partial charge in [0.05, 0.1) is 5.56 Å². The Balaban J connectivity index is 1.82. The van der Waals surface area contributed by atoms with Crippen molar-refractivity contribution in [1.82, 2.24) is 15.1 Å². The van der Waals surface area contributed by atoms with Crippen molar-refractivity contribution in [3.63, 3.8) is 0 Å². The first kappa shape index (κ1) is 28.4. The number of carbonyl (C=O) groups is 2. The van der Waals surface area contributed by atoms with Crippen molar-refractivity contribution in [1.29, 1.82) is 0 Å². The number of nitrogens with one attached hydrogen (secondary N) is 1. The highest BCUT2D eigenvalue weighted by atomic mass is 19.1. The molecule has 0 aromatic heterocycles. The largest absolute Gasteiger partial charge is 0.484 e. The number of hydrogen-bond acceptors (Lipinski definition) is 5. The molecule has 2 aromatic carbocycles. The van der Waals surface area contributed by atoms with Gasteiger partial charge in [0.1, 0.15) is 29.1 Å². The van der Waals surface area contributed by atoms with Crippen LogP contribution in [0.2, 0.25) is 0 Å². The van der Waals surface area contributed by atoms with Crippen molar-refractivity contribution in [3.05, 3.63) is 64.2 Å². The number of halogens is 2. The van der Waals surface area contributed by atoms with Gasteiger partial charge >= 0.3 is 6.09 Å². The van der Waals surface area contributed by atoms with Gasteiger partial charge in [0.25, 0.3) is 5.91 Å². The molecule has 2 amide bonds. The third-order valence-electron chi connectivity index (χ3n) is 6.32. The van der Waals surface area contributed by atoms with E-state index in [2.05, 4.69) is 10.2 Å². The van der Waals surface area contributed by atoms with E-state index in [4.69, 9.17) is 9.47 Å². The maximum Gasteiger partial charge on any atom is 0.410 e. The van der Waals surface area contributed by atoms with Crippen LogP contribution in [0.1, 0.15) is 60.8 Å². The molecule has 0 bridgehead atoms. The topological polar surface area (TPSA) is 71.1 Å². The molecule has 0 saturated carbocycles. The summed E-state index contributed by atoms with van der Waals surface area (Å²) in [6.45, 7) is 12.8. The van der Waals surface area contributed by atoms with Crippen LogP contribution in [0.25, 0.3) is 0 Å². The van der Waals surface area contributed by atoms with Crippen LogP contribution in [0, 0.1) is 25.5 Å². The second-order valence-electron chi connectivity index (χ2n) is 10.6. The summed E-state index contributed by atoms with van der Waals surface area (Å²) in [5.41, 5.74) is 0.934. The van der Waals surface area contributed by atoms with Crippen LogP contribution in [0.3, 0.4) is 0 Å². The predicted octanol–water partition coefficient (Wildman–Crippen LogP) is 5.00. The van der Waals surface area contributed by atoms with Gasteiger partial charge < -0.3 is 19.7 Å². The molecule has 3 rings (SSSR count). The second kappa shape index (κ2) is 11.5. The number of carbonyl (C=O) groups excluding carboxylic acids is 2. The molecule has 37 heavy (non-hydrogen) atoms. The van der Waals surface area contributed by atoms with E-state index in [0.717, 1.165) is 0 Å². The molecule has 7 nitrogen and oxygen atoms in total. The monoisotopic (exact) mass is 517 g/mol. The molecule has 0 radical (unpaired) electrons. The number of nitrogens with zero attached hydrogens (tertiary/aromatic N) is 2. The number of rotatable bonds is 6. The average molecular weight is 518 g/mol. The number of benzene rings is 2. The quantitative estimate of drug-likeness (QED) is 0.584. The van der Waals surface area contributed by atoms with Gasteiger partial charge in [-0.3, -0.25) is 9.69 Å². The first-order chi connectivity index (χ1) is 17.3. The highest BCUT2D eigenvalue weighted by Crippen LogP contribution is 2.29. The van der Waals surface area contributed by atoms with E-state index >= 15 is 0 Å². The van der Waals surface area contributed by atoms with Gasteiger partial charge in [0.2, 0.25) is 0 Å². The van der Waals surface area contributed by atoms with Crippen LogP contribution in [-0.4, -0.2) is 66.7 Å². The van der Waals surface area contributed by atoms with Crippen LogP contribution in [0.4, 0.5) is 13.6 Å². The maximum absolute atomic E-state index is 14.8. The van der Waals surface area contributed by atoms with Crippen molar-refractivity contribution in [2.24, 2.45) is 0 Å². The Morgan fingerprint density at radius 1 is 1.08 bits per heavy atom. The lowest BCUT2D eigenvalue weighted by atomic mass is 10.0. The zero-order chi connectivity index (χ0) is 27.5. The Morgan fingerprint density at radius 2 is 1.78 bits per heavy atom. The van der Waals surface area contributed by atoms with Crippen LogP contribution in [0.15, 0.2) is 30.3 Å². The van der Waals surface area contributed by atoms with Gasteiger partial charge in [-0.15, -0.1) is 0 Å². The molecule has 0 aliphatic carbocycles. The van der Waals surface area contributed by atoms with Gasteiger partial charge in [-0.05, 0) is 70.4 Å². The predicted molar refractivity (Wildman–Crippen MR) is 138 cm³/mol. The Bertz CT molecular complexity index is 1130. The van der Waals surface area contributed by atoms with Gasteiger partial charge in [-0.2, -0.15) is 0 Å². The Kier molecular flexibility index (Phi) is 8.79. The third kappa shape index (κ3) is 7.19. The average Bonchev–Trinajstić information content (AvgIpc) is 2.78. The first-order valence-corrected chi connectivity index (χ1v) is 12.5. The van der Waals surface area contributed by atoms with Crippen molar-refractivity contribution in [3.8, 4) is 5.75 Å². The van der Waals surface area contributed by atoms with E-state index in [1.807, 2.05) is 27.7 Å². The lowest BCUT2D eigenvalue weighted by Gasteiger charge is -2.41. The van der Waals surface area contributed by atoms with Crippen molar-refractivity contribution in [2.75, 3.05) is 33.2 Å². The Morgan fingerprint density at radius 3 is 2.35 bits per heavy atom. The molecule has 1 saturated heterocycles. The van der Waals surface area contributed by atoms with E-state index in [1.165, 1.54) is 19.2 Å². The molecule has 1 heterocycles. The van der Waals surface area contributed by atoms with E-state index in [1.54, 1.807) is 36.9 Å². The van der Waals surface area contributed by atoms with Crippen molar-refractivity contribution < 1.29 is 27.8 Å². The minimum atomic E-state index is -0.692. The summed E-state index contributed by atoms with van der Waals surface area (Å²) in [5, 5.41) is 2.44. The summed E-state index contributed by atoms with van der Waals surface area (Å²) in [6.07, 6.45) is -0.963. The normalized spacial score (nSPS) is 17.3. The van der Waals surface area contributed by atoms with Gasteiger partial charge in [0, 0.05) is 45.3 Å². The van der Waals surface area contributed by atoms with Crippen LogP contribution in [0.5, 0.6) is 5.75 Å². The molecule has 1 N–H and O–H groups in total. The fourth-order valence-corrected chi connectivity index (χ4v) is 4.40. The molecule has 0 spiro atoms. The fraction of sp³-hybridized carbons (Fsp3) is 0.500. The minimum Gasteiger partial charge on any atom is -0.484 e. The third-order valence-corrected chi connectivity index (χ3v) is 6.32. The van der Waals surface area contributed by atoms with Gasteiger partial charge in [-0.25, -0.2) is 13.6 Å². The van der Waals surface area contributed by atoms with Gasteiger partial charge in [-0.1, -0.05) is 12.1 Å². The Hall–Kier alpha value is -3.20. The lowest BCUT2D eigenvalue weighted by molar-refractivity contribution is -0.00300. The minimum absolute atomic E-state index is 0.0418. The van der Waals surface area contributed by atoms with Crippen molar-refractivity contribution in [2.45, 2.75) is 59.3 Å². The summed E-state index contributed by atoms with van der Waals surface area (Å²) in [4.78, 5) is 28.5. The summed E-state index contributed by atoms with van der Waals surface area (Å²) in [6, 6.07) is 7.59. The summed E-state index contributed by atoms with van der Waals surface area (Å²) in [7, 11) is 1.44. The molecular formula is C28H37F2N3O4. The fourth-order valence-electron chi connectivity index (χ4n) is 4.40. The van der Waals surface area contributed by atoms with E-state index < -0.39 is 23.4 Å². The molecule has 1 fully saturated rings. The molecule has 202 valence electrons.